The summed E-state index contributed by atoms with van der Waals surface area (Å²) in [5, 5.41) is 21.4. The maximum Gasteiger partial charge on any atom is 0.323 e. The van der Waals surface area contributed by atoms with Crippen LogP contribution in [0.25, 0.3) is 5.57 Å². The highest BCUT2D eigenvalue weighted by molar-refractivity contribution is 9.10. The number of benzene rings is 1. The van der Waals surface area contributed by atoms with Gasteiger partial charge in [0.2, 0.25) is 11.8 Å². The number of morpholine rings is 1. The lowest BCUT2D eigenvalue weighted by molar-refractivity contribution is -0.140. The third-order valence-electron chi connectivity index (χ3n) is 7.81. The molecule has 13 heteroatoms. The van der Waals surface area contributed by atoms with Crippen molar-refractivity contribution in [1.29, 1.82) is 0 Å². The van der Waals surface area contributed by atoms with Crippen LogP contribution in [0.3, 0.4) is 0 Å². The molecule has 2 aromatic rings. The zero-order valence-corrected chi connectivity index (χ0v) is 26.9. The number of aromatic nitrogens is 2. The van der Waals surface area contributed by atoms with Crippen LogP contribution < -0.4 is 19.5 Å². The first-order chi connectivity index (χ1) is 21.2. The van der Waals surface area contributed by atoms with Crippen LogP contribution in [0.1, 0.15) is 24.5 Å². The summed E-state index contributed by atoms with van der Waals surface area (Å²) in [5.74, 6) is -0.899. The van der Waals surface area contributed by atoms with E-state index in [1.54, 1.807) is 0 Å². The molecule has 3 N–H and O–H groups in total. The average Bonchev–Trinajstić information content (AvgIpc) is 3.04. The summed E-state index contributed by atoms with van der Waals surface area (Å²) in [6, 6.07) is 8.93. The van der Waals surface area contributed by atoms with Gasteiger partial charge in [0, 0.05) is 32.8 Å². The molecule has 2 heterocycles. The summed E-state index contributed by atoms with van der Waals surface area (Å²) in [5.41, 5.74) is 1.52. The quantitative estimate of drug-likeness (QED) is 0.178. The normalized spacial score (nSPS) is 22.7. The van der Waals surface area contributed by atoms with Crippen LogP contribution in [0.4, 0.5) is 0 Å². The molecule has 1 saturated heterocycles. The lowest BCUT2D eigenvalue weighted by Crippen LogP contribution is -2.55. The summed E-state index contributed by atoms with van der Waals surface area (Å²) in [6.45, 7) is 6.22. The molecule has 240 valence electrons. The van der Waals surface area contributed by atoms with E-state index < -0.39 is 28.5 Å². The molecule has 2 aliphatic rings. The number of allylic oxidation sites excluding steroid dienone is 2. The van der Waals surface area contributed by atoms with E-state index in [9.17, 15) is 15.0 Å². The standard InChI is InChI=1S/C31H41BrN4O8/c1-30(32)24(22-9-5-4-6-10-22)11-7-12-31(30,44-16-8-13-36-14-17-42-18-15-36)21-43-29-34-26(40-2)23(27(35-29)41-3)19-33-25(20-37)28(38)39/h4-7,9-12,25,33,37H,8,13-21H2,1-3H3,(H,38,39). The number of hydrogen-bond acceptors (Lipinski definition) is 11. The number of methoxy groups -OCH3 is 2. The van der Waals surface area contributed by atoms with Crippen molar-refractivity contribution in [1.82, 2.24) is 20.2 Å². The number of halogens is 1. The Morgan fingerprint density at radius 1 is 1.16 bits per heavy atom. The number of aliphatic carboxylic acids is 1. The molecule has 3 unspecified atom stereocenters. The van der Waals surface area contributed by atoms with Crippen LogP contribution in [0, 0.1) is 0 Å². The molecule has 1 aliphatic carbocycles. The number of carboxylic acids is 1. The minimum atomic E-state index is -1.19. The maximum atomic E-state index is 11.4. The molecule has 0 bridgehead atoms. The zero-order chi connectivity index (χ0) is 31.6. The lowest BCUT2D eigenvalue weighted by Gasteiger charge is -2.46. The van der Waals surface area contributed by atoms with Crippen molar-refractivity contribution < 1.29 is 38.7 Å². The second kappa shape index (κ2) is 15.8. The smallest absolute Gasteiger partial charge is 0.323 e. The van der Waals surface area contributed by atoms with Gasteiger partial charge < -0.3 is 33.9 Å². The number of nitrogens with one attached hydrogen (secondary N) is 1. The van der Waals surface area contributed by atoms with E-state index in [1.165, 1.54) is 14.2 Å². The summed E-state index contributed by atoms with van der Waals surface area (Å²) >= 11 is 4.02. The monoisotopic (exact) mass is 676 g/mol. The number of hydrogen-bond donors (Lipinski definition) is 3. The molecular weight excluding hydrogens is 636 g/mol. The van der Waals surface area contributed by atoms with E-state index in [2.05, 4.69) is 61.2 Å². The Kier molecular flexibility index (Phi) is 12.1. The lowest BCUT2D eigenvalue weighted by atomic mass is 9.77. The fourth-order valence-electron chi connectivity index (χ4n) is 5.21. The predicted molar refractivity (Wildman–Crippen MR) is 167 cm³/mol. The second-order valence-electron chi connectivity index (χ2n) is 10.6. The van der Waals surface area contributed by atoms with E-state index in [-0.39, 0.29) is 30.9 Å². The van der Waals surface area contributed by atoms with E-state index in [0.29, 0.717) is 12.2 Å². The molecule has 1 aromatic heterocycles. The molecule has 0 saturated carbocycles. The van der Waals surface area contributed by atoms with Gasteiger partial charge in [-0.3, -0.25) is 15.0 Å². The molecule has 0 radical (unpaired) electrons. The molecule has 1 aliphatic heterocycles. The SMILES string of the molecule is COc1nc(OCC2(OCCCN3CCOCC3)C=CC=C(c3ccccc3)C2(C)Br)nc(OC)c1CNC(CO)C(=O)O. The topological polar surface area (TPSA) is 145 Å². The Bertz CT molecular complexity index is 1280. The first-order valence-corrected chi connectivity index (χ1v) is 15.3. The molecule has 4 rings (SSSR count). The highest BCUT2D eigenvalue weighted by Crippen LogP contribution is 2.48. The highest BCUT2D eigenvalue weighted by atomic mass is 79.9. The summed E-state index contributed by atoms with van der Waals surface area (Å²) < 4.78 is 28.7. The van der Waals surface area contributed by atoms with Crippen molar-refractivity contribution in [3.63, 3.8) is 0 Å². The van der Waals surface area contributed by atoms with Crippen molar-refractivity contribution in [3.05, 3.63) is 59.7 Å². The zero-order valence-electron chi connectivity index (χ0n) is 25.3. The van der Waals surface area contributed by atoms with Gasteiger partial charge in [0.25, 0.3) is 0 Å². The molecule has 44 heavy (non-hydrogen) atoms. The minimum Gasteiger partial charge on any atom is -0.481 e. The van der Waals surface area contributed by atoms with Gasteiger partial charge in [0.1, 0.15) is 18.2 Å². The third kappa shape index (κ3) is 7.95. The number of carboxylic acid groups (broad SMARTS) is 1. The minimum absolute atomic E-state index is 0.00296. The van der Waals surface area contributed by atoms with Gasteiger partial charge >= 0.3 is 12.0 Å². The van der Waals surface area contributed by atoms with Gasteiger partial charge in [-0.1, -0.05) is 58.4 Å². The molecular formula is C31H41BrN4O8. The summed E-state index contributed by atoms with van der Waals surface area (Å²) in [7, 11) is 2.87. The van der Waals surface area contributed by atoms with Gasteiger partial charge in [-0.15, -0.1) is 0 Å². The fraction of sp³-hybridized carbons (Fsp3) is 0.516. The van der Waals surface area contributed by atoms with E-state index in [1.807, 2.05) is 30.4 Å². The number of aliphatic hydroxyl groups is 1. The maximum absolute atomic E-state index is 11.4. The Labute approximate surface area is 266 Å². The van der Waals surface area contributed by atoms with Crippen molar-refractivity contribution in [2.45, 2.75) is 35.9 Å². The molecule has 12 nitrogen and oxygen atoms in total. The van der Waals surface area contributed by atoms with Crippen LogP contribution >= 0.6 is 15.9 Å². The van der Waals surface area contributed by atoms with E-state index >= 15 is 0 Å². The van der Waals surface area contributed by atoms with Gasteiger partial charge in [0.05, 0.1) is 43.9 Å². The average molecular weight is 678 g/mol. The number of ether oxygens (including phenoxy) is 5. The Morgan fingerprint density at radius 2 is 1.84 bits per heavy atom. The number of aliphatic hydroxyl groups excluding tert-OH is 1. The summed E-state index contributed by atoms with van der Waals surface area (Å²) in [4.78, 5) is 22.6. The highest BCUT2D eigenvalue weighted by Gasteiger charge is 2.51. The van der Waals surface area contributed by atoms with Crippen molar-refractivity contribution in [2.24, 2.45) is 0 Å². The van der Waals surface area contributed by atoms with Crippen LogP contribution in [-0.4, -0.2) is 114 Å². The molecule has 3 atom stereocenters. The Hall–Kier alpha value is -3.07. The first-order valence-electron chi connectivity index (χ1n) is 14.5. The van der Waals surface area contributed by atoms with Crippen molar-refractivity contribution in [3.8, 4) is 17.8 Å². The fourth-order valence-corrected chi connectivity index (χ4v) is 5.93. The van der Waals surface area contributed by atoms with Crippen molar-refractivity contribution in [2.75, 3.05) is 66.9 Å². The molecule has 1 aromatic carbocycles. The number of alkyl halides is 1. The second-order valence-corrected chi connectivity index (χ2v) is 12.2. The first kappa shape index (κ1) is 33.8. The predicted octanol–water partition coefficient (Wildman–Crippen LogP) is 2.69. The van der Waals surface area contributed by atoms with Gasteiger partial charge in [-0.25, -0.2) is 0 Å². The van der Waals surface area contributed by atoms with E-state index in [0.717, 1.165) is 50.4 Å². The molecule has 0 amide bonds. The van der Waals surface area contributed by atoms with E-state index in [4.69, 9.17) is 23.7 Å². The summed E-state index contributed by atoms with van der Waals surface area (Å²) in [6.07, 6.45) is 6.87. The van der Waals surface area contributed by atoms with Gasteiger partial charge in [-0.2, -0.15) is 9.97 Å². The van der Waals surface area contributed by atoms with Crippen molar-refractivity contribution >= 4 is 27.5 Å². The molecule has 1 fully saturated rings. The van der Waals surface area contributed by atoms with Gasteiger partial charge in [-0.05, 0) is 30.6 Å². The van der Waals surface area contributed by atoms with Crippen LogP contribution in [-0.2, 0) is 20.8 Å². The van der Waals surface area contributed by atoms with Crippen LogP contribution in [0.2, 0.25) is 0 Å². The van der Waals surface area contributed by atoms with Crippen LogP contribution in [0.15, 0.2) is 48.6 Å². The number of carbonyl (C=O) groups is 1. The Morgan fingerprint density at radius 3 is 2.45 bits per heavy atom. The number of nitrogens with zero attached hydrogens (tertiary/aromatic N) is 3. The van der Waals surface area contributed by atoms with Gasteiger partial charge in [0.15, 0.2) is 0 Å². The third-order valence-corrected chi connectivity index (χ3v) is 8.91. The largest absolute Gasteiger partial charge is 0.481 e. The molecule has 0 spiro atoms. The number of rotatable bonds is 16. The Balaban J connectivity index is 1.57. The van der Waals surface area contributed by atoms with Crippen LogP contribution in [0.5, 0.6) is 17.8 Å².